The molecule has 0 aliphatic carbocycles. The summed E-state index contributed by atoms with van der Waals surface area (Å²) in [5.74, 6) is -0.765. The second-order valence-electron chi connectivity index (χ2n) is 3.60. The van der Waals surface area contributed by atoms with Gasteiger partial charge >= 0.3 is 5.97 Å². The number of aromatic carboxylic acids is 1. The van der Waals surface area contributed by atoms with Gasteiger partial charge in [0.1, 0.15) is 11.0 Å². The minimum Gasteiger partial charge on any atom is -0.477 e. The quantitative estimate of drug-likeness (QED) is 0.879. The SMILES string of the molecule is O=C(O)c1cc(Cl)nc(Cc2ccc(Cl)cc2)n1. The maximum absolute atomic E-state index is 10.8. The number of carboxylic acids is 1. The molecule has 4 nitrogen and oxygen atoms in total. The summed E-state index contributed by atoms with van der Waals surface area (Å²) >= 11 is 11.5. The lowest BCUT2D eigenvalue weighted by Crippen LogP contribution is -2.06. The Morgan fingerprint density at radius 3 is 2.44 bits per heavy atom. The number of halogens is 2. The van der Waals surface area contributed by atoms with Crippen LogP contribution in [0.4, 0.5) is 0 Å². The van der Waals surface area contributed by atoms with E-state index in [-0.39, 0.29) is 10.8 Å². The van der Waals surface area contributed by atoms with E-state index in [2.05, 4.69) is 9.97 Å². The lowest BCUT2D eigenvalue weighted by Gasteiger charge is -2.03. The van der Waals surface area contributed by atoms with Gasteiger partial charge in [0.2, 0.25) is 0 Å². The molecule has 0 saturated carbocycles. The van der Waals surface area contributed by atoms with Gasteiger partial charge in [-0.1, -0.05) is 35.3 Å². The second-order valence-corrected chi connectivity index (χ2v) is 4.42. The summed E-state index contributed by atoms with van der Waals surface area (Å²) in [6, 6.07) is 8.37. The molecule has 6 heteroatoms. The third kappa shape index (κ3) is 3.18. The first-order chi connectivity index (χ1) is 8.54. The fourth-order valence-electron chi connectivity index (χ4n) is 1.44. The summed E-state index contributed by atoms with van der Waals surface area (Å²) in [7, 11) is 0. The van der Waals surface area contributed by atoms with E-state index in [0.717, 1.165) is 5.56 Å². The van der Waals surface area contributed by atoms with Crippen molar-refractivity contribution in [1.29, 1.82) is 0 Å². The van der Waals surface area contributed by atoms with Crippen molar-refractivity contribution in [1.82, 2.24) is 9.97 Å². The van der Waals surface area contributed by atoms with E-state index in [1.165, 1.54) is 6.07 Å². The highest BCUT2D eigenvalue weighted by atomic mass is 35.5. The Bertz CT molecular complexity index is 585. The first-order valence-corrected chi connectivity index (χ1v) is 5.81. The second kappa shape index (κ2) is 5.33. The summed E-state index contributed by atoms with van der Waals surface area (Å²) in [5, 5.41) is 9.62. The molecule has 0 spiro atoms. The fraction of sp³-hybridized carbons (Fsp3) is 0.0833. The van der Waals surface area contributed by atoms with Gasteiger partial charge in [-0.25, -0.2) is 14.8 Å². The van der Waals surface area contributed by atoms with Crippen LogP contribution in [0.15, 0.2) is 30.3 Å². The molecule has 1 aromatic carbocycles. The van der Waals surface area contributed by atoms with Crippen LogP contribution in [0.2, 0.25) is 10.2 Å². The van der Waals surface area contributed by atoms with Crippen molar-refractivity contribution < 1.29 is 9.90 Å². The zero-order valence-corrected chi connectivity index (χ0v) is 10.6. The van der Waals surface area contributed by atoms with Crippen molar-refractivity contribution in [2.24, 2.45) is 0 Å². The Morgan fingerprint density at radius 2 is 1.83 bits per heavy atom. The Kier molecular flexibility index (Phi) is 3.79. The highest BCUT2D eigenvalue weighted by Crippen LogP contribution is 2.14. The van der Waals surface area contributed by atoms with Gasteiger partial charge in [-0.2, -0.15) is 0 Å². The first kappa shape index (κ1) is 12.8. The van der Waals surface area contributed by atoms with Crippen LogP contribution in [0.3, 0.4) is 0 Å². The van der Waals surface area contributed by atoms with Gasteiger partial charge < -0.3 is 5.11 Å². The van der Waals surface area contributed by atoms with E-state index in [1.54, 1.807) is 12.1 Å². The maximum atomic E-state index is 10.8. The molecule has 1 heterocycles. The minimum atomic E-state index is -1.13. The van der Waals surface area contributed by atoms with E-state index >= 15 is 0 Å². The van der Waals surface area contributed by atoms with Gasteiger partial charge in [0.15, 0.2) is 5.69 Å². The monoisotopic (exact) mass is 282 g/mol. The Morgan fingerprint density at radius 1 is 1.17 bits per heavy atom. The molecule has 0 saturated heterocycles. The molecular weight excluding hydrogens is 275 g/mol. The molecule has 18 heavy (non-hydrogen) atoms. The van der Waals surface area contributed by atoms with Crippen molar-refractivity contribution in [3.63, 3.8) is 0 Å². The van der Waals surface area contributed by atoms with Crippen molar-refractivity contribution in [3.05, 3.63) is 57.6 Å². The molecule has 0 aliphatic heterocycles. The van der Waals surface area contributed by atoms with Gasteiger partial charge in [-0.3, -0.25) is 0 Å². The van der Waals surface area contributed by atoms with Gasteiger partial charge in [0.05, 0.1) is 0 Å². The van der Waals surface area contributed by atoms with E-state index < -0.39 is 5.97 Å². The van der Waals surface area contributed by atoms with Crippen LogP contribution in [-0.2, 0) is 6.42 Å². The van der Waals surface area contributed by atoms with Gasteiger partial charge in [-0.15, -0.1) is 0 Å². The molecule has 2 aromatic rings. The predicted molar refractivity (Wildman–Crippen MR) is 68.3 cm³/mol. The standard InChI is InChI=1S/C12H8Cl2N2O2/c13-8-3-1-7(2-4-8)5-11-15-9(12(17)18)6-10(14)16-11/h1-4,6H,5H2,(H,17,18). The predicted octanol–water partition coefficient (Wildman–Crippen LogP) is 3.07. The third-order valence-corrected chi connectivity index (χ3v) is 2.68. The highest BCUT2D eigenvalue weighted by molar-refractivity contribution is 6.30. The molecule has 0 aliphatic rings. The molecule has 0 amide bonds. The number of aromatic nitrogens is 2. The number of hydrogen-bond acceptors (Lipinski definition) is 3. The van der Waals surface area contributed by atoms with Crippen LogP contribution >= 0.6 is 23.2 Å². The van der Waals surface area contributed by atoms with Crippen LogP contribution in [0.5, 0.6) is 0 Å². The largest absolute Gasteiger partial charge is 0.477 e. The lowest BCUT2D eigenvalue weighted by atomic mass is 10.1. The molecular formula is C12H8Cl2N2O2. The maximum Gasteiger partial charge on any atom is 0.354 e. The van der Waals surface area contributed by atoms with Crippen molar-refractivity contribution in [3.8, 4) is 0 Å². The Hall–Kier alpha value is -1.65. The van der Waals surface area contributed by atoms with E-state index in [0.29, 0.717) is 17.3 Å². The van der Waals surface area contributed by atoms with Gasteiger partial charge in [0.25, 0.3) is 0 Å². The van der Waals surface area contributed by atoms with Crippen molar-refractivity contribution >= 4 is 29.2 Å². The zero-order valence-electron chi connectivity index (χ0n) is 9.10. The topological polar surface area (TPSA) is 63.1 Å². The molecule has 0 fully saturated rings. The van der Waals surface area contributed by atoms with E-state index in [4.69, 9.17) is 28.3 Å². The Labute approximate surface area is 113 Å². The molecule has 0 radical (unpaired) electrons. The van der Waals surface area contributed by atoms with Crippen LogP contribution in [0.25, 0.3) is 0 Å². The third-order valence-electron chi connectivity index (χ3n) is 2.24. The van der Waals surface area contributed by atoms with Gasteiger partial charge in [0, 0.05) is 17.5 Å². The van der Waals surface area contributed by atoms with Crippen LogP contribution in [0.1, 0.15) is 21.9 Å². The Balaban J connectivity index is 2.28. The smallest absolute Gasteiger partial charge is 0.354 e. The highest BCUT2D eigenvalue weighted by Gasteiger charge is 2.09. The summed E-state index contributed by atoms with van der Waals surface area (Å²) in [6.45, 7) is 0. The van der Waals surface area contributed by atoms with Crippen LogP contribution < -0.4 is 0 Å². The number of nitrogens with zero attached hydrogens (tertiary/aromatic N) is 2. The van der Waals surface area contributed by atoms with Crippen molar-refractivity contribution in [2.75, 3.05) is 0 Å². The van der Waals surface area contributed by atoms with E-state index in [1.807, 2.05) is 12.1 Å². The fourth-order valence-corrected chi connectivity index (χ4v) is 1.77. The van der Waals surface area contributed by atoms with Crippen LogP contribution in [0, 0.1) is 0 Å². The number of hydrogen-bond donors (Lipinski definition) is 1. The molecule has 0 atom stereocenters. The average molecular weight is 283 g/mol. The summed E-state index contributed by atoms with van der Waals surface area (Å²) in [4.78, 5) is 18.8. The first-order valence-electron chi connectivity index (χ1n) is 5.06. The average Bonchev–Trinajstić information content (AvgIpc) is 2.31. The summed E-state index contributed by atoms with van der Waals surface area (Å²) in [5.41, 5.74) is 0.817. The molecule has 1 aromatic heterocycles. The summed E-state index contributed by atoms with van der Waals surface area (Å²) in [6.07, 6.45) is 0.401. The van der Waals surface area contributed by atoms with Gasteiger partial charge in [-0.05, 0) is 17.7 Å². The number of benzene rings is 1. The van der Waals surface area contributed by atoms with Crippen LogP contribution in [-0.4, -0.2) is 21.0 Å². The van der Waals surface area contributed by atoms with E-state index in [9.17, 15) is 4.79 Å². The number of carboxylic acid groups (broad SMARTS) is 1. The van der Waals surface area contributed by atoms with Crippen molar-refractivity contribution in [2.45, 2.75) is 6.42 Å². The molecule has 1 N–H and O–H groups in total. The zero-order chi connectivity index (χ0) is 13.1. The summed E-state index contributed by atoms with van der Waals surface area (Å²) < 4.78 is 0. The normalized spacial score (nSPS) is 10.3. The molecule has 92 valence electrons. The lowest BCUT2D eigenvalue weighted by molar-refractivity contribution is 0.0690. The molecule has 2 rings (SSSR count). The minimum absolute atomic E-state index is 0.112. The number of rotatable bonds is 3. The molecule has 0 bridgehead atoms. The molecule has 0 unspecified atom stereocenters. The number of carbonyl (C=O) groups is 1.